The smallest absolute Gasteiger partial charge is 0.167 e. The molecule has 0 amide bonds. The van der Waals surface area contributed by atoms with Crippen molar-refractivity contribution in [3.8, 4) is 5.75 Å². The second-order valence-electron chi connectivity index (χ2n) is 5.89. The molecule has 1 atom stereocenters. The number of aliphatic hydroxyl groups excluding tert-OH is 1. The second-order valence-corrected chi connectivity index (χ2v) is 5.89. The van der Waals surface area contributed by atoms with Gasteiger partial charge in [-0.15, -0.1) is 0 Å². The summed E-state index contributed by atoms with van der Waals surface area (Å²) >= 11 is 0. The molecule has 5 heteroatoms. The fourth-order valence-corrected chi connectivity index (χ4v) is 2.84. The highest BCUT2D eigenvalue weighted by Gasteiger charge is 2.24. The van der Waals surface area contributed by atoms with Crippen LogP contribution in [0.25, 0.3) is 0 Å². The number of hydrogen-bond acceptors (Lipinski definition) is 4. The van der Waals surface area contributed by atoms with Crippen LogP contribution in [0.15, 0.2) is 12.1 Å². The molecular formula is C16H25FN2O2. The van der Waals surface area contributed by atoms with Gasteiger partial charge in [0.2, 0.25) is 0 Å². The van der Waals surface area contributed by atoms with Crippen LogP contribution in [0.4, 0.5) is 15.8 Å². The molecule has 1 saturated heterocycles. The highest BCUT2D eigenvalue weighted by atomic mass is 19.1. The summed E-state index contributed by atoms with van der Waals surface area (Å²) in [6.45, 7) is 4.62. The first-order chi connectivity index (χ1) is 10.0. The molecule has 1 aromatic carbocycles. The molecule has 1 heterocycles. The molecule has 0 aromatic heterocycles. The van der Waals surface area contributed by atoms with Gasteiger partial charge >= 0.3 is 0 Å². The molecule has 1 fully saturated rings. The molecule has 4 nitrogen and oxygen atoms in total. The van der Waals surface area contributed by atoms with Gasteiger partial charge in [0.25, 0.3) is 0 Å². The summed E-state index contributed by atoms with van der Waals surface area (Å²) in [5.41, 5.74) is 7.15. The van der Waals surface area contributed by atoms with E-state index in [1.165, 1.54) is 6.07 Å². The zero-order valence-electron chi connectivity index (χ0n) is 12.8. The van der Waals surface area contributed by atoms with E-state index < -0.39 is 5.82 Å². The Morgan fingerprint density at radius 3 is 2.81 bits per heavy atom. The maximum absolute atomic E-state index is 13.9. The molecule has 21 heavy (non-hydrogen) atoms. The normalized spacial score (nSPS) is 19.7. The molecule has 0 aliphatic carbocycles. The molecule has 1 aromatic rings. The van der Waals surface area contributed by atoms with Crippen molar-refractivity contribution in [2.45, 2.75) is 51.7 Å². The first-order valence-electron chi connectivity index (χ1n) is 7.66. The number of ether oxygens (including phenoxy) is 1. The zero-order chi connectivity index (χ0) is 15.4. The molecule has 1 unspecified atom stereocenters. The predicted molar refractivity (Wildman–Crippen MR) is 83.3 cm³/mol. The maximum atomic E-state index is 13.9. The predicted octanol–water partition coefficient (Wildman–Crippen LogP) is 2.94. The SMILES string of the molecule is CC(C)Oc1cc(N2CCCCCC2CO)c(N)cc1F. The number of nitrogen functional groups attached to an aromatic ring is 1. The third-order valence-corrected chi connectivity index (χ3v) is 3.84. The molecular weight excluding hydrogens is 271 g/mol. The van der Waals surface area contributed by atoms with Gasteiger partial charge < -0.3 is 20.5 Å². The van der Waals surface area contributed by atoms with Crippen LogP contribution >= 0.6 is 0 Å². The number of halogens is 1. The minimum atomic E-state index is -0.444. The fourth-order valence-electron chi connectivity index (χ4n) is 2.84. The molecule has 0 bridgehead atoms. The maximum Gasteiger partial charge on any atom is 0.167 e. The third kappa shape index (κ3) is 3.79. The molecule has 118 valence electrons. The molecule has 0 saturated carbocycles. The van der Waals surface area contributed by atoms with Gasteiger partial charge in [-0.3, -0.25) is 0 Å². The number of benzene rings is 1. The lowest BCUT2D eigenvalue weighted by Gasteiger charge is -2.32. The van der Waals surface area contributed by atoms with E-state index in [-0.39, 0.29) is 24.5 Å². The summed E-state index contributed by atoms with van der Waals surface area (Å²) < 4.78 is 19.5. The molecule has 1 aliphatic heterocycles. The van der Waals surface area contributed by atoms with Gasteiger partial charge in [0, 0.05) is 18.7 Å². The lowest BCUT2D eigenvalue weighted by molar-refractivity contribution is 0.231. The van der Waals surface area contributed by atoms with Crippen molar-refractivity contribution in [1.29, 1.82) is 0 Å². The molecule has 0 radical (unpaired) electrons. The third-order valence-electron chi connectivity index (χ3n) is 3.84. The highest BCUT2D eigenvalue weighted by Crippen LogP contribution is 2.34. The summed E-state index contributed by atoms with van der Waals surface area (Å²) in [5, 5.41) is 9.62. The number of rotatable bonds is 4. The van der Waals surface area contributed by atoms with Crippen molar-refractivity contribution in [2.24, 2.45) is 0 Å². The van der Waals surface area contributed by atoms with Crippen molar-refractivity contribution >= 4 is 11.4 Å². The van der Waals surface area contributed by atoms with Crippen molar-refractivity contribution in [2.75, 3.05) is 23.8 Å². The first kappa shape index (κ1) is 15.9. The van der Waals surface area contributed by atoms with Crippen LogP contribution in [0, 0.1) is 5.82 Å². The summed E-state index contributed by atoms with van der Waals surface area (Å²) in [4.78, 5) is 2.09. The van der Waals surface area contributed by atoms with Crippen LogP contribution < -0.4 is 15.4 Å². The van der Waals surface area contributed by atoms with E-state index in [2.05, 4.69) is 4.90 Å². The Hall–Kier alpha value is -1.49. The first-order valence-corrected chi connectivity index (χ1v) is 7.66. The van der Waals surface area contributed by atoms with Crippen LogP contribution in [0.1, 0.15) is 39.5 Å². The van der Waals surface area contributed by atoms with E-state index in [0.717, 1.165) is 37.9 Å². The van der Waals surface area contributed by atoms with Gasteiger partial charge in [-0.2, -0.15) is 0 Å². The van der Waals surface area contributed by atoms with Crippen LogP contribution in [0.2, 0.25) is 0 Å². The summed E-state index contributed by atoms with van der Waals surface area (Å²) in [5.74, 6) is -0.226. The monoisotopic (exact) mass is 296 g/mol. The summed E-state index contributed by atoms with van der Waals surface area (Å²) in [6.07, 6.45) is 4.11. The quantitative estimate of drug-likeness (QED) is 0.839. The van der Waals surface area contributed by atoms with Crippen molar-refractivity contribution in [3.63, 3.8) is 0 Å². The Morgan fingerprint density at radius 1 is 1.38 bits per heavy atom. The fraction of sp³-hybridized carbons (Fsp3) is 0.625. The van der Waals surface area contributed by atoms with Crippen LogP contribution in [-0.4, -0.2) is 30.4 Å². The summed E-state index contributed by atoms with van der Waals surface area (Å²) in [7, 11) is 0. The average Bonchev–Trinajstić information content (AvgIpc) is 2.66. The Labute approximate surface area is 125 Å². The number of anilines is 2. The van der Waals surface area contributed by atoms with E-state index in [1.54, 1.807) is 6.07 Å². The van der Waals surface area contributed by atoms with Crippen molar-refractivity contribution < 1.29 is 14.2 Å². The Morgan fingerprint density at radius 2 is 2.14 bits per heavy atom. The number of nitrogens with two attached hydrogens (primary N) is 1. The molecule has 2 rings (SSSR count). The van der Waals surface area contributed by atoms with E-state index in [1.807, 2.05) is 13.8 Å². The van der Waals surface area contributed by atoms with Gasteiger partial charge in [-0.25, -0.2) is 4.39 Å². The van der Waals surface area contributed by atoms with Crippen LogP contribution in [0.3, 0.4) is 0 Å². The number of hydrogen-bond donors (Lipinski definition) is 2. The van der Waals surface area contributed by atoms with Gasteiger partial charge in [0.1, 0.15) is 0 Å². The van der Waals surface area contributed by atoms with Gasteiger partial charge in [0.05, 0.1) is 30.1 Å². The topological polar surface area (TPSA) is 58.7 Å². The van der Waals surface area contributed by atoms with Crippen LogP contribution in [0.5, 0.6) is 5.75 Å². The Balaban J connectivity index is 2.35. The van der Waals surface area contributed by atoms with Gasteiger partial charge in [-0.05, 0) is 26.7 Å². The minimum absolute atomic E-state index is 0.0344. The standard InChI is InChI=1S/C16H25FN2O2/c1-11(2)21-16-9-15(14(18)8-13(16)17)19-7-5-3-4-6-12(19)10-20/h8-9,11-12,20H,3-7,10,18H2,1-2H3. The number of aliphatic hydroxyl groups is 1. The van der Waals surface area contributed by atoms with Gasteiger partial charge in [0.15, 0.2) is 11.6 Å². The average molecular weight is 296 g/mol. The molecule has 1 aliphatic rings. The summed E-state index contributed by atoms with van der Waals surface area (Å²) in [6, 6.07) is 3.01. The van der Waals surface area contributed by atoms with E-state index in [4.69, 9.17) is 10.5 Å². The van der Waals surface area contributed by atoms with Gasteiger partial charge in [-0.1, -0.05) is 12.8 Å². The largest absolute Gasteiger partial charge is 0.488 e. The van der Waals surface area contributed by atoms with E-state index in [0.29, 0.717) is 5.69 Å². The van der Waals surface area contributed by atoms with Crippen molar-refractivity contribution in [3.05, 3.63) is 17.9 Å². The zero-order valence-corrected chi connectivity index (χ0v) is 12.8. The number of nitrogens with zero attached hydrogens (tertiary/aromatic N) is 1. The highest BCUT2D eigenvalue weighted by molar-refractivity contribution is 5.70. The molecule has 0 spiro atoms. The Bertz CT molecular complexity index is 480. The molecule has 3 N–H and O–H groups in total. The lowest BCUT2D eigenvalue weighted by atomic mass is 10.1. The van der Waals surface area contributed by atoms with Crippen molar-refractivity contribution in [1.82, 2.24) is 0 Å². The minimum Gasteiger partial charge on any atom is -0.488 e. The van der Waals surface area contributed by atoms with E-state index in [9.17, 15) is 9.50 Å². The Kier molecular flexibility index (Phi) is 5.28. The lowest BCUT2D eigenvalue weighted by Crippen LogP contribution is -2.38. The second kappa shape index (κ2) is 6.98. The van der Waals surface area contributed by atoms with E-state index >= 15 is 0 Å². The van der Waals surface area contributed by atoms with Crippen LogP contribution in [-0.2, 0) is 0 Å².